The van der Waals surface area contributed by atoms with E-state index in [0.717, 1.165) is 50.3 Å². The molecule has 0 bridgehead atoms. The van der Waals surface area contributed by atoms with E-state index in [-0.39, 0.29) is 6.10 Å². The van der Waals surface area contributed by atoms with Crippen LogP contribution in [-0.2, 0) is 11.3 Å². The van der Waals surface area contributed by atoms with Crippen molar-refractivity contribution in [1.82, 2.24) is 20.5 Å². The molecule has 1 unspecified atom stereocenters. The van der Waals surface area contributed by atoms with Gasteiger partial charge in [0.05, 0.1) is 24.3 Å². The van der Waals surface area contributed by atoms with E-state index >= 15 is 0 Å². The van der Waals surface area contributed by atoms with Crippen LogP contribution in [-0.4, -0.2) is 61.3 Å². The average Bonchev–Trinajstić information content (AvgIpc) is 2.95. The van der Waals surface area contributed by atoms with Crippen molar-refractivity contribution in [2.45, 2.75) is 40.3 Å². The maximum Gasteiger partial charge on any atom is 0.191 e. The summed E-state index contributed by atoms with van der Waals surface area (Å²) >= 11 is 1.69. The first-order valence-electron chi connectivity index (χ1n) is 8.84. The minimum Gasteiger partial charge on any atom is -0.374 e. The lowest BCUT2D eigenvalue weighted by Crippen LogP contribution is -2.50. The topological polar surface area (TPSA) is 61.8 Å². The quantitative estimate of drug-likeness (QED) is 0.579. The van der Waals surface area contributed by atoms with E-state index in [2.05, 4.69) is 46.3 Å². The van der Waals surface area contributed by atoms with Crippen molar-refractivity contribution in [3.05, 3.63) is 16.1 Å². The van der Waals surface area contributed by atoms with E-state index in [1.54, 1.807) is 11.3 Å². The van der Waals surface area contributed by atoms with Crippen LogP contribution in [0.15, 0.2) is 11.2 Å². The number of nitrogens with zero attached hydrogens (tertiary/aromatic N) is 3. The molecule has 1 aromatic rings. The van der Waals surface area contributed by atoms with Crippen LogP contribution in [0.25, 0.3) is 0 Å². The predicted octanol–water partition coefficient (Wildman–Crippen LogP) is 1.86. The Hall–Kier alpha value is -1.18. The van der Waals surface area contributed by atoms with Gasteiger partial charge < -0.3 is 15.4 Å². The Bertz CT molecular complexity index is 517. The van der Waals surface area contributed by atoms with Gasteiger partial charge in [0.15, 0.2) is 5.96 Å². The molecule has 0 aliphatic carbocycles. The Labute approximate surface area is 149 Å². The number of nitrogens with one attached hydrogen (secondary N) is 2. The number of aliphatic imine (C=N–C) groups is 1. The summed E-state index contributed by atoms with van der Waals surface area (Å²) in [7, 11) is 0. The smallest absolute Gasteiger partial charge is 0.191 e. The lowest BCUT2D eigenvalue weighted by Gasteiger charge is -2.34. The SMILES string of the molecule is CCNC(=NCc1cnc(C)s1)NCC1CN(CC(C)C)CCO1. The Kier molecular flexibility index (Phi) is 7.94. The fourth-order valence-corrected chi connectivity index (χ4v) is 3.49. The zero-order chi connectivity index (χ0) is 17.4. The molecule has 2 N–H and O–H groups in total. The van der Waals surface area contributed by atoms with Crippen LogP contribution < -0.4 is 10.6 Å². The van der Waals surface area contributed by atoms with Crippen molar-refractivity contribution >= 4 is 17.3 Å². The van der Waals surface area contributed by atoms with Gasteiger partial charge in [-0.05, 0) is 19.8 Å². The van der Waals surface area contributed by atoms with Crippen LogP contribution in [0, 0.1) is 12.8 Å². The lowest BCUT2D eigenvalue weighted by molar-refractivity contribution is -0.0284. The normalized spacial score (nSPS) is 19.7. The van der Waals surface area contributed by atoms with Gasteiger partial charge in [-0.15, -0.1) is 11.3 Å². The van der Waals surface area contributed by atoms with Crippen LogP contribution in [0.5, 0.6) is 0 Å². The maximum absolute atomic E-state index is 5.89. The largest absolute Gasteiger partial charge is 0.374 e. The molecule has 1 saturated heterocycles. The highest BCUT2D eigenvalue weighted by atomic mass is 32.1. The molecule has 1 aromatic heterocycles. The minimum absolute atomic E-state index is 0.215. The summed E-state index contributed by atoms with van der Waals surface area (Å²) in [4.78, 5) is 12.6. The second-order valence-electron chi connectivity index (χ2n) is 6.57. The molecule has 0 spiro atoms. The second kappa shape index (κ2) is 9.96. The molecular weight excluding hydrogens is 322 g/mol. The van der Waals surface area contributed by atoms with E-state index in [1.165, 1.54) is 4.88 Å². The van der Waals surface area contributed by atoms with Gasteiger partial charge in [-0.3, -0.25) is 4.90 Å². The van der Waals surface area contributed by atoms with Crippen LogP contribution in [0.3, 0.4) is 0 Å². The number of rotatable bonds is 7. The Balaban J connectivity index is 1.81. The van der Waals surface area contributed by atoms with E-state index in [1.807, 2.05) is 13.1 Å². The number of guanidine groups is 1. The fraction of sp³-hybridized carbons (Fsp3) is 0.765. The number of aryl methyl sites for hydroxylation is 1. The van der Waals surface area contributed by atoms with Crippen molar-refractivity contribution in [3.8, 4) is 0 Å². The Morgan fingerprint density at radius 1 is 1.50 bits per heavy atom. The first-order valence-corrected chi connectivity index (χ1v) is 9.66. The highest BCUT2D eigenvalue weighted by Gasteiger charge is 2.21. The lowest BCUT2D eigenvalue weighted by atomic mass is 10.2. The number of hydrogen-bond acceptors (Lipinski definition) is 5. The highest BCUT2D eigenvalue weighted by Crippen LogP contribution is 2.12. The van der Waals surface area contributed by atoms with Crippen molar-refractivity contribution in [3.63, 3.8) is 0 Å². The minimum atomic E-state index is 0.215. The van der Waals surface area contributed by atoms with Gasteiger partial charge in [0, 0.05) is 43.8 Å². The molecule has 7 heteroatoms. The molecule has 6 nitrogen and oxygen atoms in total. The number of aromatic nitrogens is 1. The molecule has 1 atom stereocenters. The molecule has 0 amide bonds. The molecule has 2 rings (SSSR count). The van der Waals surface area contributed by atoms with Crippen LogP contribution in [0.1, 0.15) is 30.7 Å². The third kappa shape index (κ3) is 6.75. The van der Waals surface area contributed by atoms with Crippen LogP contribution in [0.4, 0.5) is 0 Å². The van der Waals surface area contributed by atoms with Gasteiger partial charge in [-0.1, -0.05) is 13.8 Å². The summed E-state index contributed by atoms with van der Waals surface area (Å²) in [5.74, 6) is 1.53. The third-order valence-electron chi connectivity index (χ3n) is 3.75. The van der Waals surface area contributed by atoms with Gasteiger partial charge in [-0.2, -0.15) is 0 Å². The van der Waals surface area contributed by atoms with E-state index in [0.29, 0.717) is 12.5 Å². The van der Waals surface area contributed by atoms with Crippen molar-refractivity contribution < 1.29 is 4.74 Å². The van der Waals surface area contributed by atoms with E-state index in [9.17, 15) is 0 Å². The zero-order valence-corrected chi connectivity index (χ0v) is 16.2. The summed E-state index contributed by atoms with van der Waals surface area (Å²) in [5, 5.41) is 7.79. The number of morpholine rings is 1. The molecule has 136 valence electrons. The summed E-state index contributed by atoms with van der Waals surface area (Å²) < 4.78 is 5.89. The molecule has 0 radical (unpaired) electrons. The predicted molar refractivity (Wildman–Crippen MR) is 101 cm³/mol. The molecule has 1 aliphatic rings. The van der Waals surface area contributed by atoms with E-state index < -0.39 is 0 Å². The van der Waals surface area contributed by atoms with Crippen LogP contribution >= 0.6 is 11.3 Å². The Morgan fingerprint density at radius 3 is 3.00 bits per heavy atom. The summed E-state index contributed by atoms with van der Waals surface area (Å²) in [6.07, 6.45) is 2.12. The number of hydrogen-bond donors (Lipinski definition) is 2. The highest BCUT2D eigenvalue weighted by molar-refractivity contribution is 7.11. The number of ether oxygens (including phenoxy) is 1. The van der Waals surface area contributed by atoms with Crippen molar-refractivity contribution in [2.75, 3.05) is 39.3 Å². The van der Waals surface area contributed by atoms with Crippen LogP contribution in [0.2, 0.25) is 0 Å². The second-order valence-corrected chi connectivity index (χ2v) is 7.89. The standard InChI is InChI=1S/C17H31N5OS/c1-5-18-17(21-10-16-9-19-14(4)24-16)20-8-15-12-22(6-7-23-15)11-13(2)3/h9,13,15H,5-8,10-12H2,1-4H3,(H2,18,20,21). The molecule has 1 aliphatic heterocycles. The van der Waals surface area contributed by atoms with E-state index in [4.69, 9.17) is 4.74 Å². The summed E-state index contributed by atoms with van der Waals surface area (Å²) in [6, 6.07) is 0. The summed E-state index contributed by atoms with van der Waals surface area (Å²) in [6.45, 7) is 14.9. The molecule has 2 heterocycles. The number of thiazole rings is 1. The monoisotopic (exact) mass is 353 g/mol. The molecule has 24 heavy (non-hydrogen) atoms. The molecule has 0 aromatic carbocycles. The fourth-order valence-electron chi connectivity index (χ4n) is 2.77. The molecular formula is C17H31N5OS. The summed E-state index contributed by atoms with van der Waals surface area (Å²) in [5.41, 5.74) is 0. The zero-order valence-electron chi connectivity index (χ0n) is 15.3. The van der Waals surface area contributed by atoms with Crippen molar-refractivity contribution in [2.24, 2.45) is 10.9 Å². The Morgan fingerprint density at radius 2 is 2.33 bits per heavy atom. The molecule has 1 fully saturated rings. The first-order chi connectivity index (χ1) is 11.6. The third-order valence-corrected chi connectivity index (χ3v) is 4.65. The molecule has 0 saturated carbocycles. The van der Waals surface area contributed by atoms with Gasteiger partial charge >= 0.3 is 0 Å². The first kappa shape index (κ1) is 19.1. The van der Waals surface area contributed by atoms with Gasteiger partial charge in [-0.25, -0.2) is 9.98 Å². The maximum atomic E-state index is 5.89. The van der Waals surface area contributed by atoms with Gasteiger partial charge in [0.2, 0.25) is 0 Å². The van der Waals surface area contributed by atoms with Crippen molar-refractivity contribution in [1.29, 1.82) is 0 Å². The van der Waals surface area contributed by atoms with Gasteiger partial charge in [0.1, 0.15) is 0 Å². The van der Waals surface area contributed by atoms with Gasteiger partial charge in [0.25, 0.3) is 0 Å². The average molecular weight is 354 g/mol.